The molecule has 1 N–H and O–H groups in total. The quantitative estimate of drug-likeness (QED) is 0.687. The molecule has 0 fully saturated rings. The average molecular weight is 208 g/mol. The summed E-state index contributed by atoms with van der Waals surface area (Å²) >= 11 is 0. The van der Waals surface area contributed by atoms with Crippen LogP contribution in [0.15, 0.2) is 18.2 Å². The van der Waals surface area contributed by atoms with Crippen LogP contribution in [-0.2, 0) is 4.79 Å². The van der Waals surface area contributed by atoms with Crippen molar-refractivity contribution in [1.82, 2.24) is 4.90 Å². The molecule has 0 aliphatic carbocycles. The van der Waals surface area contributed by atoms with Crippen LogP contribution in [0.5, 0.6) is 0 Å². The molecule has 0 bridgehead atoms. The molecule has 0 spiro atoms. The first-order valence-corrected chi connectivity index (χ1v) is 4.43. The zero-order valence-electron chi connectivity index (χ0n) is 8.08. The lowest BCUT2D eigenvalue weighted by molar-refractivity contribution is -0.116. The number of carbonyl (C=O) groups is 2. The van der Waals surface area contributed by atoms with Crippen LogP contribution in [0.4, 0.5) is 10.1 Å². The Morgan fingerprint density at radius 3 is 2.87 bits per heavy atom. The summed E-state index contributed by atoms with van der Waals surface area (Å²) in [7, 11) is 1.46. The molecule has 0 aromatic heterocycles. The van der Waals surface area contributed by atoms with Crippen LogP contribution in [0.3, 0.4) is 0 Å². The molecule has 1 aromatic rings. The molecular weight excluding hydrogens is 199 g/mol. The lowest BCUT2D eigenvalue weighted by atomic mass is 10.1. The van der Waals surface area contributed by atoms with Crippen molar-refractivity contribution in [2.24, 2.45) is 0 Å². The Kier molecular flexibility index (Phi) is 2.15. The van der Waals surface area contributed by atoms with Gasteiger partial charge in [0.25, 0.3) is 5.91 Å². The van der Waals surface area contributed by atoms with E-state index in [1.165, 1.54) is 30.1 Å². The fourth-order valence-electron chi connectivity index (χ4n) is 1.51. The Labute approximate surface area is 85.7 Å². The SMILES string of the molecule is CN1CC(=O)Nc2cccc(F)c2C1=O. The fraction of sp³-hybridized carbons (Fsp3) is 0.200. The van der Waals surface area contributed by atoms with Gasteiger partial charge in [0.2, 0.25) is 5.91 Å². The molecular formula is C10H9FN2O2. The van der Waals surface area contributed by atoms with Gasteiger partial charge in [0.05, 0.1) is 17.8 Å². The minimum Gasteiger partial charge on any atom is -0.332 e. The maximum Gasteiger partial charge on any atom is 0.259 e. The van der Waals surface area contributed by atoms with Crippen molar-refractivity contribution >= 4 is 17.5 Å². The predicted octanol–water partition coefficient (Wildman–Crippen LogP) is 0.850. The molecule has 1 aliphatic heterocycles. The third-order valence-corrected chi connectivity index (χ3v) is 2.23. The number of benzene rings is 1. The van der Waals surface area contributed by atoms with E-state index >= 15 is 0 Å². The molecule has 2 rings (SSSR count). The first-order chi connectivity index (χ1) is 7.09. The topological polar surface area (TPSA) is 49.4 Å². The first kappa shape index (κ1) is 9.64. The summed E-state index contributed by atoms with van der Waals surface area (Å²) in [4.78, 5) is 24.2. The monoisotopic (exact) mass is 208 g/mol. The van der Waals surface area contributed by atoms with Crippen molar-refractivity contribution in [2.75, 3.05) is 18.9 Å². The lowest BCUT2D eigenvalue weighted by Gasteiger charge is -2.12. The highest BCUT2D eigenvalue weighted by Crippen LogP contribution is 2.22. The van der Waals surface area contributed by atoms with Gasteiger partial charge >= 0.3 is 0 Å². The highest BCUT2D eigenvalue weighted by Gasteiger charge is 2.26. The summed E-state index contributed by atoms with van der Waals surface area (Å²) in [5.74, 6) is -1.43. The molecule has 0 atom stereocenters. The minimum atomic E-state index is -0.619. The van der Waals surface area contributed by atoms with E-state index in [4.69, 9.17) is 0 Å². The van der Waals surface area contributed by atoms with Crippen LogP contribution in [-0.4, -0.2) is 30.3 Å². The molecule has 5 heteroatoms. The Hall–Kier alpha value is -1.91. The fourth-order valence-corrected chi connectivity index (χ4v) is 1.51. The van der Waals surface area contributed by atoms with E-state index in [0.717, 1.165) is 0 Å². The smallest absolute Gasteiger partial charge is 0.259 e. The number of fused-ring (bicyclic) bond motifs is 1. The van der Waals surface area contributed by atoms with Crippen molar-refractivity contribution in [3.8, 4) is 0 Å². The van der Waals surface area contributed by atoms with Gasteiger partial charge < -0.3 is 10.2 Å². The number of carbonyl (C=O) groups excluding carboxylic acids is 2. The minimum absolute atomic E-state index is 0.0625. The van der Waals surface area contributed by atoms with E-state index < -0.39 is 11.7 Å². The summed E-state index contributed by atoms with van der Waals surface area (Å²) in [5.41, 5.74) is 0.153. The summed E-state index contributed by atoms with van der Waals surface area (Å²) in [5, 5.41) is 2.48. The average Bonchev–Trinajstić information content (AvgIpc) is 2.26. The number of hydrogen-bond donors (Lipinski definition) is 1. The Bertz CT molecular complexity index is 445. The van der Waals surface area contributed by atoms with E-state index in [1.807, 2.05) is 0 Å². The number of hydrogen-bond acceptors (Lipinski definition) is 2. The van der Waals surface area contributed by atoms with E-state index in [9.17, 15) is 14.0 Å². The number of nitrogens with zero attached hydrogens (tertiary/aromatic N) is 1. The van der Waals surface area contributed by atoms with Crippen LogP contribution in [0.2, 0.25) is 0 Å². The van der Waals surface area contributed by atoms with Crippen molar-refractivity contribution < 1.29 is 14.0 Å². The van der Waals surface area contributed by atoms with Crippen LogP contribution in [0.25, 0.3) is 0 Å². The van der Waals surface area contributed by atoms with E-state index in [2.05, 4.69) is 5.32 Å². The zero-order valence-corrected chi connectivity index (χ0v) is 8.08. The number of amides is 2. The van der Waals surface area contributed by atoms with Gasteiger partial charge in [-0.1, -0.05) is 6.07 Å². The van der Waals surface area contributed by atoms with Gasteiger partial charge in [-0.15, -0.1) is 0 Å². The molecule has 0 saturated carbocycles. The molecule has 2 amide bonds. The van der Waals surface area contributed by atoms with Crippen LogP contribution in [0, 0.1) is 5.82 Å². The van der Waals surface area contributed by atoms with Gasteiger partial charge in [-0.3, -0.25) is 9.59 Å². The van der Waals surface area contributed by atoms with Gasteiger partial charge in [0.1, 0.15) is 5.82 Å². The Balaban J connectivity index is 2.60. The lowest BCUT2D eigenvalue weighted by Crippen LogP contribution is -2.31. The molecule has 78 valence electrons. The molecule has 15 heavy (non-hydrogen) atoms. The highest BCUT2D eigenvalue weighted by molar-refractivity contribution is 6.08. The molecule has 0 unspecified atom stereocenters. The zero-order chi connectivity index (χ0) is 11.0. The summed E-state index contributed by atoms with van der Waals surface area (Å²) in [6.45, 7) is -0.0625. The molecule has 1 heterocycles. The number of anilines is 1. The van der Waals surface area contributed by atoms with Gasteiger partial charge in [-0.25, -0.2) is 4.39 Å². The number of nitrogens with one attached hydrogen (secondary N) is 1. The van der Waals surface area contributed by atoms with Crippen LogP contribution >= 0.6 is 0 Å². The first-order valence-electron chi connectivity index (χ1n) is 4.43. The third-order valence-electron chi connectivity index (χ3n) is 2.23. The number of rotatable bonds is 0. The second kappa shape index (κ2) is 3.34. The molecule has 0 radical (unpaired) electrons. The maximum atomic E-state index is 13.4. The second-order valence-electron chi connectivity index (χ2n) is 3.37. The second-order valence-corrected chi connectivity index (χ2v) is 3.37. The largest absolute Gasteiger partial charge is 0.332 e. The summed E-state index contributed by atoms with van der Waals surface area (Å²) in [6.07, 6.45) is 0. The predicted molar refractivity (Wildman–Crippen MR) is 52.0 cm³/mol. The maximum absolute atomic E-state index is 13.4. The van der Waals surface area contributed by atoms with Crippen molar-refractivity contribution in [3.05, 3.63) is 29.6 Å². The van der Waals surface area contributed by atoms with Crippen molar-refractivity contribution in [1.29, 1.82) is 0 Å². The van der Waals surface area contributed by atoms with Gasteiger partial charge in [-0.05, 0) is 12.1 Å². The normalized spacial score (nSPS) is 15.7. The van der Waals surface area contributed by atoms with Gasteiger partial charge in [0, 0.05) is 7.05 Å². The van der Waals surface area contributed by atoms with Crippen molar-refractivity contribution in [3.63, 3.8) is 0 Å². The van der Waals surface area contributed by atoms with Crippen molar-refractivity contribution in [2.45, 2.75) is 0 Å². The van der Waals surface area contributed by atoms with E-state index in [0.29, 0.717) is 0 Å². The van der Waals surface area contributed by atoms with Crippen LogP contribution < -0.4 is 5.32 Å². The Morgan fingerprint density at radius 1 is 1.40 bits per heavy atom. The van der Waals surface area contributed by atoms with Gasteiger partial charge in [-0.2, -0.15) is 0 Å². The van der Waals surface area contributed by atoms with E-state index in [1.54, 1.807) is 0 Å². The third kappa shape index (κ3) is 1.56. The number of halogens is 1. The summed E-state index contributed by atoms with van der Waals surface area (Å²) in [6, 6.07) is 4.16. The summed E-state index contributed by atoms with van der Waals surface area (Å²) < 4.78 is 13.4. The molecule has 0 saturated heterocycles. The number of likely N-dealkylation sites (N-methyl/N-ethyl adjacent to an activating group) is 1. The van der Waals surface area contributed by atoms with Gasteiger partial charge in [0.15, 0.2) is 0 Å². The molecule has 1 aliphatic rings. The van der Waals surface area contributed by atoms with E-state index in [-0.39, 0.29) is 23.7 Å². The molecule has 4 nitrogen and oxygen atoms in total. The molecule has 1 aromatic carbocycles. The standard InChI is InChI=1S/C10H9FN2O2/c1-13-5-8(14)12-7-4-2-3-6(11)9(7)10(13)15/h2-4H,5H2,1H3,(H,12,14). The van der Waals surface area contributed by atoms with Crippen LogP contribution in [0.1, 0.15) is 10.4 Å². The Morgan fingerprint density at radius 2 is 2.13 bits per heavy atom. The highest BCUT2D eigenvalue weighted by atomic mass is 19.1.